The minimum Gasteiger partial charge on any atom is -0.452 e. The zero-order valence-electron chi connectivity index (χ0n) is 12.2. The van der Waals surface area contributed by atoms with Crippen molar-refractivity contribution in [2.45, 2.75) is 6.42 Å². The van der Waals surface area contributed by atoms with E-state index in [1.54, 1.807) is 18.2 Å². The van der Waals surface area contributed by atoms with E-state index in [9.17, 15) is 9.59 Å². The predicted octanol–water partition coefficient (Wildman–Crippen LogP) is 3.62. The van der Waals surface area contributed by atoms with Gasteiger partial charge in [-0.3, -0.25) is 4.79 Å². The first-order valence-corrected chi connectivity index (χ1v) is 8.16. The molecule has 0 saturated heterocycles. The number of rotatable bonds is 6. The third kappa shape index (κ3) is 5.69. The van der Waals surface area contributed by atoms with Gasteiger partial charge in [-0.2, -0.15) is 0 Å². The summed E-state index contributed by atoms with van der Waals surface area (Å²) in [5, 5.41) is 2.99. The van der Waals surface area contributed by atoms with Gasteiger partial charge in [-0.05, 0) is 30.2 Å². The lowest BCUT2D eigenvalue weighted by Gasteiger charge is -2.08. The number of nitrogens with one attached hydrogen (secondary N) is 1. The Balaban J connectivity index is 1.75. The second-order valence-corrected chi connectivity index (χ2v) is 6.11. The highest BCUT2D eigenvalue weighted by molar-refractivity contribution is 9.10. The molecule has 0 heterocycles. The predicted molar refractivity (Wildman–Crippen MR) is 92.6 cm³/mol. The van der Waals surface area contributed by atoms with E-state index in [0.717, 1.165) is 12.0 Å². The third-order valence-corrected chi connectivity index (χ3v) is 3.88. The molecule has 0 saturated carbocycles. The topological polar surface area (TPSA) is 55.4 Å². The van der Waals surface area contributed by atoms with Crippen LogP contribution in [-0.2, 0) is 16.0 Å². The summed E-state index contributed by atoms with van der Waals surface area (Å²) in [6, 6.07) is 14.7. The summed E-state index contributed by atoms with van der Waals surface area (Å²) in [7, 11) is 0. The van der Waals surface area contributed by atoms with E-state index in [2.05, 4.69) is 21.2 Å². The molecule has 4 nitrogen and oxygen atoms in total. The Morgan fingerprint density at radius 2 is 1.87 bits per heavy atom. The molecule has 120 valence electrons. The van der Waals surface area contributed by atoms with Gasteiger partial charge in [0.2, 0.25) is 0 Å². The normalized spacial score (nSPS) is 10.2. The lowest BCUT2D eigenvalue weighted by atomic mass is 10.1. The van der Waals surface area contributed by atoms with Crippen molar-refractivity contribution in [3.63, 3.8) is 0 Å². The van der Waals surface area contributed by atoms with E-state index in [0.29, 0.717) is 11.0 Å². The largest absolute Gasteiger partial charge is 0.452 e. The summed E-state index contributed by atoms with van der Waals surface area (Å²) in [6.07, 6.45) is 0.720. The number of esters is 1. The molecule has 2 aromatic rings. The van der Waals surface area contributed by atoms with Gasteiger partial charge in [-0.15, -0.1) is 0 Å². The van der Waals surface area contributed by atoms with Crippen LogP contribution in [0.15, 0.2) is 53.0 Å². The lowest BCUT2D eigenvalue weighted by molar-refractivity contribution is -0.124. The zero-order valence-corrected chi connectivity index (χ0v) is 14.6. The highest BCUT2D eigenvalue weighted by Gasteiger charge is 2.14. The number of hydrogen-bond acceptors (Lipinski definition) is 3. The van der Waals surface area contributed by atoms with Crippen LogP contribution in [0, 0.1) is 0 Å². The average Bonchev–Trinajstić information content (AvgIpc) is 2.56. The van der Waals surface area contributed by atoms with Gasteiger partial charge in [-0.25, -0.2) is 4.79 Å². The summed E-state index contributed by atoms with van der Waals surface area (Å²) in [4.78, 5) is 23.6. The summed E-state index contributed by atoms with van der Waals surface area (Å²) in [5.41, 5.74) is 1.35. The molecular formula is C17H15BrClNO3. The minimum absolute atomic E-state index is 0.220. The molecule has 0 aliphatic heterocycles. The number of hydrogen-bond donors (Lipinski definition) is 1. The standard InChI is InChI=1S/C17H15BrClNO3/c18-13-6-7-15(19)14(10-13)17(22)23-11-16(21)20-9-8-12-4-2-1-3-5-12/h1-7,10H,8-9,11H2,(H,20,21). The number of carbonyl (C=O) groups excluding carboxylic acids is 2. The fourth-order valence-corrected chi connectivity index (χ4v) is 2.46. The van der Waals surface area contributed by atoms with Crippen LogP contribution in [0.3, 0.4) is 0 Å². The van der Waals surface area contributed by atoms with Crippen molar-refractivity contribution >= 4 is 39.4 Å². The monoisotopic (exact) mass is 395 g/mol. The van der Waals surface area contributed by atoms with Gasteiger partial charge in [0.25, 0.3) is 5.91 Å². The van der Waals surface area contributed by atoms with Crippen molar-refractivity contribution in [3.8, 4) is 0 Å². The van der Waals surface area contributed by atoms with Crippen molar-refractivity contribution in [2.75, 3.05) is 13.2 Å². The van der Waals surface area contributed by atoms with Gasteiger partial charge in [0, 0.05) is 11.0 Å². The molecular weight excluding hydrogens is 382 g/mol. The van der Waals surface area contributed by atoms with Crippen LogP contribution in [0.25, 0.3) is 0 Å². The second kappa shape index (κ2) is 8.70. The number of halogens is 2. The van der Waals surface area contributed by atoms with Crippen molar-refractivity contribution in [1.82, 2.24) is 5.32 Å². The molecule has 0 aliphatic rings. The zero-order chi connectivity index (χ0) is 16.7. The van der Waals surface area contributed by atoms with Gasteiger partial charge in [0.15, 0.2) is 6.61 Å². The summed E-state index contributed by atoms with van der Waals surface area (Å²) >= 11 is 9.19. The first-order valence-electron chi connectivity index (χ1n) is 6.99. The van der Waals surface area contributed by atoms with E-state index in [1.807, 2.05) is 30.3 Å². The Kier molecular flexibility index (Phi) is 6.62. The number of amides is 1. The van der Waals surface area contributed by atoms with E-state index < -0.39 is 5.97 Å². The molecule has 0 bridgehead atoms. The molecule has 23 heavy (non-hydrogen) atoms. The molecule has 1 N–H and O–H groups in total. The van der Waals surface area contributed by atoms with Crippen molar-refractivity contribution in [3.05, 3.63) is 69.2 Å². The Labute approximate surface area is 147 Å². The Hall–Kier alpha value is -1.85. The molecule has 2 rings (SSSR count). The van der Waals surface area contributed by atoms with Gasteiger partial charge < -0.3 is 10.1 Å². The molecule has 0 radical (unpaired) electrons. The van der Waals surface area contributed by atoms with E-state index >= 15 is 0 Å². The fourth-order valence-electron chi connectivity index (χ4n) is 1.90. The highest BCUT2D eigenvalue weighted by atomic mass is 79.9. The molecule has 0 unspecified atom stereocenters. The number of benzene rings is 2. The first kappa shape index (κ1) is 17.5. The molecule has 0 aromatic heterocycles. The molecule has 0 atom stereocenters. The van der Waals surface area contributed by atoms with Crippen LogP contribution < -0.4 is 5.32 Å². The van der Waals surface area contributed by atoms with Crippen LogP contribution in [0.2, 0.25) is 5.02 Å². The average molecular weight is 397 g/mol. The maximum atomic E-state index is 11.9. The van der Waals surface area contributed by atoms with Crippen molar-refractivity contribution < 1.29 is 14.3 Å². The van der Waals surface area contributed by atoms with E-state index in [4.69, 9.17) is 16.3 Å². The van der Waals surface area contributed by atoms with Crippen LogP contribution >= 0.6 is 27.5 Å². The van der Waals surface area contributed by atoms with Gasteiger partial charge in [0.1, 0.15) is 0 Å². The Morgan fingerprint density at radius 1 is 1.13 bits per heavy atom. The van der Waals surface area contributed by atoms with Gasteiger partial charge in [0.05, 0.1) is 10.6 Å². The maximum absolute atomic E-state index is 11.9. The Morgan fingerprint density at radius 3 is 2.61 bits per heavy atom. The van der Waals surface area contributed by atoms with Crippen LogP contribution in [0.4, 0.5) is 0 Å². The number of carbonyl (C=O) groups is 2. The summed E-state index contributed by atoms with van der Waals surface area (Å²) < 4.78 is 5.68. The van der Waals surface area contributed by atoms with E-state index in [-0.39, 0.29) is 23.1 Å². The summed E-state index contributed by atoms with van der Waals surface area (Å²) in [5.74, 6) is -0.977. The molecule has 6 heteroatoms. The van der Waals surface area contributed by atoms with Crippen molar-refractivity contribution in [2.24, 2.45) is 0 Å². The molecule has 0 aliphatic carbocycles. The smallest absolute Gasteiger partial charge is 0.340 e. The van der Waals surface area contributed by atoms with Crippen LogP contribution in [0.5, 0.6) is 0 Å². The lowest BCUT2D eigenvalue weighted by Crippen LogP contribution is -2.30. The molecule has 0 spiro atoms. The van der Waals surface area contributed by atoms with Gasteiger partial charge >= 0.3 is 5.97 Å². The second-order valence-electron chi connectivity index (χ2n) is 4.79. The van der Waals surface area contributed by atoms with Gasteiger partial charge in [-0.1, -0.05) is 57.9 Å². The highest BCUT2D eigenvalue weighted by Crippen LogP contribution is 2.21. The fraction of sp³-hybridized carbons (Fsp3) is 0.176. The molecule has 2 aromatic carbocycles. The molecule has 0 fully saturated rings. The first-order chi connectivity index (χ1) is 11.1. The van der Waals surface area contributed by atoms with Crippen molar-refractivity contribution in [1.29, 1.82) is 0 Å². The SMILES string of the molecule is O=C(COC(=O)c1cc(Br)ccc1Cl)NCCc1ccccc1. The quantitative estimate of drug-likeness (QED) is 0.759. The Bertz CT molecular complexity index is 691. The molecule has 1 amide bonds. The van der Waals surface area contributed by atoms with Crippen LogP contribution in [-0.4, -0.2) is 25.0 Å². The maximum Gasteiger partial charge on any atom is 0.340 e. The summed E-state index contributed by atoms with van der Waals surface area (Å²) in [6.45, 7) is 0.147. The number of ether oxygens (including phenoxy) is 1. The minimum atomic E-state index is -0.630. The third-order valence-electron chi connectivity index (χ3n) is 3.06. The van der Waals surface area contributed by atoms with E-state index in [1.165, 1.54) is 0 Å². The van der Waals surface area contributed by atoms with Crippen LogP contribution in [0.1, 0.15) is 15.9 Å².